The molecule has 0 atom stereocenters. The van der Waals surface area contributed by atoms with Gasteiger partial charge in [-0.2, -0.15) is 0 Å². The van der Waals surface area contributed by atoms with Crippen molar-refractivity contribution >= 4 is 29.3 Å². The number of aromatic carboxylic acids is 1. The molecule has 0 spiro atoms. The van der Waals surface area contributed by atoms with Gasteiger partial charge in [0.2, 0.25) is 5.91 Å². The molecule has 1 aromatic rings. The number of pyridine rings is 1. The van der Waals surface area contributed by atoms with Crippen LogP contribution in [0.4, 0.5) is 5.69 Å². The molecule has 1 amide bonds. The van der Waals surface area contributed by atoms with Gasteiger partial charge in [0.25, 0.3) is 0 Å². The SMILES string of the molecule is CCN(CC)C(=O)CSc1cc(C(=O)O)c(N)cn1. The van der Waals surface area contributed by atoms with E-state index in [2.05, 4.69) is 4.98 Å². The molecule has 0 aliphatic heterocycles. The fourth-order valence-electron chi connectivity index (χ4n) is 1.51. The molecule has 0 aromatic carbocycles. The van der Waals surface area contributed by atoms with Crippen molar-refractivity contribution in [2.45, 2.75) is 18.9 Å². The van der Waals surface area contributed by atoms with Crippen molar-refractivity contribution in [3.63, 3.8) is 0 Å². The molecule has 0 unspecified atom stereocenters. The summed E-state index contributed by atoms with van der Waals surface area (Å²) in [7, 11) is 0. The first kappa shape index (κ1) is 15.3. The number of carboxylic acids is 1. The van der Waals surface area contributed by atoms with Gasteiger partial charge in [0.05, 0.1) is 28.2 Å². The Balaban J connectivity index is 2.71. The van der Waals surface area contributed by atoms with Gasteiger partial charge < -0.3 is 15.7 Å². The lowest BCUT2D eigenvalue weighted by Gasteiger charge is -2.18. The number of carbonyl (C=O) groups excluding carboxylic acids is 1. The van der Waals surface area contributed by atoms with Crippen LogP contribution in [0.15, 0.2) is 17.3 Å². The predicted octanol–water partition coefficient (Wildman–Crippen LogP) is 1.32. The fraction of sp³-hybridized carbons (Fsp3) is 0.417. The number of thioether (sulfide) groups is 1. The maximum atomic E-state index is 11.8. The molecule has 1 rings (SSSR count). The lowest BCUT2D eigenvalue weighted by atomic mass is 10.2. The lowest BCUT2D eigenvalue weighted by molar-refractivity contribution is -0.127. The molecule has 0 aliphatic carbocycles. The van der Waals surface area contributed by atoms with E-state index in [0.29, 0.717) is 18.1 Å². The average Bonchev–Trinajstić information content (AvgIpc) is 2.38. The van der Waals surface area contributed by atoms with Gasteiger partial charge in [0.1, 0.15) is 0 Å². The van der Waals surface area contributed by atoms with Gasteiger partial charge in [0.15, 0.2) is 0 Å². The summed E-state index contributed by atoms with van der Waals surface area (Å²) in [4.78, 5) is 28.4. The quantitative estimate of drug-likeness (QED) is 0.764. The van der Waals surface area contributed by atoms with Crippen LogP contribution >= 0.6 is 11.8 Å². The zero-order chi connectivity index (χ0) is 14.4. The molecule has 7 heteroatoms. The molecule has 0 saturated carbocycles. The Hall–Kier alpha value is -1.76. The predicted molar refractivity (Wildman–Crippen MR) is 74.3 cm³/mol. The summed E-state index contributed by atoms with van der Waals surface area (Å²) in [5.74, 6) is -0.861. The maximum Gasteiger partial charge on any atom is 0.337 e. The van der Waals surface area contributed by atoms with E-state index >= 15 is 0 Å². The molecule has 0 aliphatic rings. The highest BCUT2D eigenvalue weighted by Gasteiger charge is 2.13. The Labute approximate surface area is 116 Å². The van der Waals surface area contributed by atoms with Crippen LogP contribution in [0.5, 0.6) is 0 Å². The molecule has 1 heterocycles. The minimum atomic E-state index is -1.10. The molecule has 3 N–H and O–H groups in total. The summed E-state index contributed by atoms with van der Waals surface area (Å²) in [5.41, 5.74) is 5.63. The Morgan fingerprint density at radius 2 is 2.05 bits per heavy atom. The Morgan fingerprint density at radius 1 is 1.42 bits per heavy atom. The van der Waals surface area contributed by atoms with Gasteiger partial charge in [-0.1, -0.05) is 11.8 Å². The molecule has 19 heavy (non-hydrogen) atoms. The van der Waals surface area contributed by atoms with Gasteiger partial charge >= 0.3 is 5.97 Å². The van der Waals surface area contributed by atoms with E-state index < -0.39 is 5.97 Å². The molecule has 6 nitrogen and oxygen atoms in total. The smallest absolute Gasteiger partial charge is 0.337 e. The van der Waals surface area contributed by atoms with Crippen LogP contribution in [0.2, 0.25) is 0 Å². The Morgan fingerprint density at radius 3 is 2.58 bits per heavy atom. The van der Waals surface area contributed by atoms with Crippen LogP contribution < -0.4 is 5.73 Å². The molecular formula is C12H17N3O3S. The van der Waals surface area contributed by atoms with Gasteiger partial charge in [-0.05, 0) is 19.9 Å². The van der Waals surface area contributed by atoms with E-state index in [1.807, 2.05) is 13.8 Å². The van der Waals surface area contributed by atoms with Crippen LogP contribution in [-0.2, 0) is 4.79 Å². The van der Waals surface area contributed by atoms with E-state index in [4.69, 9.17) is 10.8 Å². The van der Waals surface area contributed by atoms with E-state index in [1.165, 1.54) is 24.0 Å². The van der Waals surface area contributed by atoms with E-state index in [0.717, 1.165) is 0 Å². The van der Waals surface area contributed by atoms with Crippen molar-refractivity contribution in [1.29, 1.82) is 0 Å². The minimum absolute atomic E-state index is 0.00509. The summed E-state index contributed by atoms with van der Waals surface area (Å²) in [6.45, 7) is 5.14. The Bertz CT molecular complexity index is 475. The molecule has 1 aromatic heterocycles. The van der Waals surface area contributed by atoms with E-state index in [9.17, 15) is 9.59 Å². The summed E-state index contributed by atoms with van der Waals surface area (Å²) in [5, 5.41) is 9.42. The summed E-state index contributed by atoms with van der Waals surface area (Å²) < 4.78 is 0. The van der Waals surface area contributed by atoms with Crippen molar-refractivity contribution in [2.24, 2.45) is 0 Å². The third-order valence-electron chi connectivity index (χ3n) is 2.60. The molecule has 0 saturated heterocycles. The molecule has 0 fully saturated rings. The molecule has 104 valence electrons. The number of nitrogens with two attached hydrogens (primary N) is 1. The number of carboxylic acid groups (broad SMARTS) is 1. The second kappa shape index (κ2) is 6.98. The zero-order valence-electron chi connectivity index (χ0n) is 10.9. The summed E-state index contributed by atoms with van der Waals surface area (Å²) in [6, 6.07) is 1.39. The monoisotopic (exact) mass is 283 g/mol. The number of aromatic nitrogens is 1. The van der Waals surface area contributed by atoms with Gasteiger partial charge in [-0.3, -0.25) is 4.79 Å². The second-order valence-corrected chi connectivity index (χ2v) is 4.77. The standard InChI is InChI=1S/C12H17N3O3S/c1-3-15(4-2)11(16)7-19-10-5-8(12(17)18)9(13)6-14-10/h5-6H,3-4,7,13H2,1-2H3,(H,17,18). The number of nitrogen functional groups attached to an aromatic ring is 1. The number of hydrogen-bond acceptors (Lipinski definition) is 5. The van der Waals surface area contributed by atoms with Crippen LogP contribution in [0.25, 0.3) is 0 Å². The van der Waals surface area contributed by atoms with E-state index in [-0.39, 0.29) is 22.9 Å². The molecular weight excluding hydrogens is 266 g/mol. The minimum Gasteiger partial charge on any atom is -0.478 e. The third-order valence-corrected chi connectivity index (χ3v) is 3.51. The van der Waals surface area contributed by atoms with Gasteiger partial charge in [-0.25, -0.2) is 9.78 Å². The van der Waals surface area contributed by atoms with Crippen molar-refractivity contribution in [3.05, 3.63) is 17.8 Å². The van der Waals surface area contributed by atoms with Crippen molar-refractivity contribution in [2.75, 3.05) is 24.6 Å². The van der Waals surface area contributed by atoms with Crippen molar-refractivity contribution in [1.82, 2.24) is 9.88 Å². The topological polar surface area (TPSA) is 96.5 Å². The number of anilines is 1. The lowest BCUT2D eigenvalue weighted by Crippen LogP contribution is -2.31. The second-order valence-electron chi connectivity index (χ2n) is 3.77. The number of hydrogen-bond donors (Lipinski definition) is 2. The highest BCUT2D eigenvalue weighted by atomic mass is 32.2. The molecule has 0 bridgehead atoms. The summed E-state index contributed by atoms with van der Waals surface area (Å²) in [6.07, 6.45) is 1.30. The van der Waals surface area contributed by atoms with Crippen molar-refractivity contribution < 1.29 is 14.7 Å². The first-order valence-electron chi connectivity index (χ1n) is 5.88. The van der Waals surface area contributed by atoms with Crippen LogP contribution in [-0.4, -0.2) is 45.7 Å². The highest BCUT2D eigenvalue weighted by molar-refractivity contribution is 7.99. The van der Waals surface area contributed by atoms with Gasteiger partial charge in [-0.15, -0.1) is 0 Å². The normalized spacial score (nSPS) is 10.2. The van der Waals surface area contributed by atoms with Crippen LogP contribution in [0, 0.1) is 0 Å². The highest BCUT2D eigenvalue weighted by Crippen LogP contribution is 2.20. The first-order valence-corrected chi connectivity index (χ1v) is 6.87. The Kier molecular flexibility index (Phi) is 5.62. The number of rotatable bonds is 6. The van der Waals surface area contributed by atoms with Crippen LogP contribution in [0.3, 0.4) is 0 Å². The number of amides is 1. The largest absolute Gasteiger partial charge is 0.478 e. The fourth-order valence-corrected chi connectivity index (χ4v) is 2.30. The van der Waals surface area contributed by atoms with E-state index in [1.54, 1.807) is 4.90 Å². The maximum absolute atomic E-state index is 11.8. The number of carbonyl (C=O) groups is 2. The summed E-state index contributed by atoms with van der Waals surface area (Å²) >= 11 is 1.21. The zero-order valence-corrected chi connectivity index (χ0v) is 11.7. The van der Waals surface area contributed by atoms with Gasteiger partial charge in [0, 0.05) is 13.1 Å². The number of nitrogens with zero attached hydrogens (tertiary/aromatic N) is 2. The van der Waals surface area contributed by atoms with Crippen molar-refractivity contribution in [3.8, 4) is 0 Å². The first-order chi connectivity index (χ1) is 8.99. The molecule has 0 radical (unpaired) electrons. The van der Waals surface area contributed by atoms with Crippen LogP contribution in [0.1, 0.15) is 24.2 Å². The average molecular weight is 283 g/mol. The third kappa shape index (κ3) is 4.13.